The van der Waals surface area contributed by atoms with Gasteiger partial charge < -0.3 is 0 Å². The summed E-state index contributed by atoms with van der Waals surface area (Å²) < 4.78 is 5.33. The van der Waals surface area contributed by atoms with Crippen LogP contribution in [-0.2, 0) is 13.2 Å². The number of likely N-dealkylation sites (tertiary alicyclic amines) is 1. The molecule has 2 saturated carbocycles. The minimum atomic E-state index is 0.612. The van der Waals surface area contributed by atoms with Crippen molar-refractivity contribution >= 4 is 12.2 Å². The third-order valence-corrected chi connectivity index (χ3v) is 7.18. The maximum absolute atomic E-state index is 5.91. The summed E-state index contributed by atoms with van der Waals surface area (Å²) in [5.41, 5.74) is 1.31. The van der Waals surface area contributed by atoms with Gasteiger partial charge in [0.25, 0.3) is 0 Å². The lowest BCUT2D eigenvalue weighted by Crippen LogP contribution is -2.47. The van der Waals surface area contributed by atoms with Crippen LogP contribution in [0.1, 0.15) is 68.7 Å². The zero-order chi connectivity index (χ0) is 18.2. The normalized spacial score (nSPS) is 26.1. The van der Waals surface area contributed by atoms with Gasteiger partial charge in [0.2, 0.25) is 0 Å². The lowest BCUT2D eigenvalue weighted by atomic mass is 9.78. The number of benzene rings is 1. The number of hydrogen-bond acceptors (Lipinski definition) is 3. The van der Waals surface area contributed by atoms with Crippen molar-refractivity contribution in [1.82, 2.24) is 19.2 Å². The molecule has 0 spiro atoms. The third kappa shape index (κ3) is 3.64. The average Bonchev–Trinajstić information content (AvgIpc) is 3.51. The first-order valence-electron chi connectivity index (χ1n) is 10.7. The molecule has 1 aliphatic heterocycles. The van der Waals surface area contributed by atoms with Crippen LogP contribution < -0.4 is 0 Å². The molecule has 3 aliphatic rings. The first-order valence-corrected chi connectivity index (χ1v) is 11.2. The number of hydrogen-bond donors (Lipinski definition) is 0. The van der Waals surface area contributed by atoms with E-state index in [4.69, 9.17) is 17.3 Å². The summed E-state index contributed by atoms with van der Waals surface area (Å²) in [7, 11) is 0. The first-order chi connectivity index (χ1) is 13.3. The van der Waals surface area contributed by atoms with Crippen LogP contribution in [-0.4, -0.2) is 31.8 Å². The highest BCUT2D eigenvalue weighted by Gasteiger charge is 2.34. The molecular formula is C22H30N4S. The minimum absolute atomic E-state index is 0.612. The van der Waals surface area contributed by atoms with E-state index >= 15 is 0 Å². The van der Waals surface area contributed by atoms with E-state index in [1.54, 1.807) is 0 Å². The van der Waals surface area contributed by atoms with Gasteiger partial charge >= 0.3 is 0 Å². The number of nitrogens with zero attached hydrogens (tertiary/aromatic N) is 4. The quantitative estimate of drug-likeness (QED) is 0.684. The molecule has 2 aromatic rings. The molecule has 3 fully saturated rings. The highest BCUT2D eigenvalue weighted by atomic mass is 32.1. The summed E-state index contributed by atoms with van der Waals surface area (Å²) in [6.45, 7) is 2.92. The number of fused-ring (bicyclic) bond motifs is 1. The predicted molar refractivity (Wildman–Crippen MR) is 110 cm³/mol. The lowest BCUT2D eigenvalue weighted by Gasteiger charge is -2.43. The fraction of sp³-hybridized carbons (Fsp3) is 0.636. The average molecular weight is 383 g/mol. The Morgan fingerprint density at radius 1 is 0.963 bits per heavy atom. The Morgan fingerprint density at radius 2 is 1.74 bits per heavy atom. The standard InChI is InChI=1S/C22H30N4S/c27-22-25(15-17-7-2-1-3-8-17)21(19-12-13-19)23-26(22)16-24-14-6-10-18-9-4-5-11-20(18)24/h1-3,7-8,18-20H,4-6,9-16H2/t18-,20+/m1/s1. The van der Waals surface area contributed by atoms with Crippen LogP contribution in [0.4, 0.5) is 0 Å². The van der Waals surface area contributed by atoms with Gasteiger partial charge in [0.1, 0.15) is 5.82 Å². The van der Waals surface area contributed by atoms with Gasteiger partial charge in [0.05, 0.1) is 13.2 Å². The van der Waals surface area contributed by atoms with Crippen LogP contribution in [0, 0.1) is 10.7 Å². The van der Waals surface area contributed by atoms with Crippen LogP contribution in [0.25, 0.3) is 0 Å². The molecule has 2 aliphatic carbocycles. The molecule has 4 nitrogen and oxygen atoms in total. The van der Waals surface area contributed by atoms with E-state index in [1.807, 2.05) is 0 Å². The maximum atomic E-state index is 5.91. The number of piperidine rings is 1. The summed E-state index contributed by atoms with van der Waals surface area (Å²) in [6.07, 6.45) is 10.9. The Hall–Kier alpha value is -1.46. The van der Waals surface area contributed by atoms with Crippen LogP contribution >= 0.6 is 12.2 Å². The Balaban J connectivity index is 1.41. The topological polar surface area (TPSA) is 26.0 Å². The zero-order valence-electron chi connectivity index (χ0n) is 16.1. The second-order valence-electron chi connectivity index (χ2n) is 8.69. The Kier molecular flexibility index (Phi) is 4.91. The van der Waals surface area contributed by atoms with Crippen LogP contribution in [0.15, 0.2) is 30.3 Å². The highest BCUT2D eigenvalue weighted by molar-refractivity contribution is 7.71. The summed E-state index contributed by atoms with van der Waals surface area (Å²) in [5.74, 6) is 2.72. The third-order valence-electron chi connectivity index (χ3n) is 6.75. The van der Waals surface area contributed by atoms with Crippen LogP contribution in [0.3, 0.4) is 0 Å². The van der Waals surface area contributed by atoms with E-state index in [2.05, 4.69) is 44.5 Å². The SMILES string of the molecule is S=c1n(CN2CCC[C@H]3CCCC[C@@H]32)nc(C2CC2)n1Cc1ccccc1. The zero-order valence-corrected chi connectivity index (χ0v) is 16.9. The molecule has 1 saturated heterocycles. The van der Waals surface area contributed by atoms with E-state index in [9.17, 15) is 0 Å². The van der Waals surface area contributed by atoms with E-state index in [-0.39, 0.29) is 0 Å². The fourth-order valence-corrected chi connectivity index (χ4v) is 5.44. The van der Waals surface area contributed by atoms with Crippen molar-refractivity contribution in [2.24, 2.45) is 5.92 Å². The molecule has 1 aromatic heterocycles. The second-order valence-corrected chi connectivity index (χ2v) is 9.06. The second kappa shape index (κ2) is 7.51. The molecule has 2 heterocycles. The van der Waals surface area contributed by atoms with Crippen LogP contribution in [0.2, 0.25) is 0 Å². The van der Waals surface area contributed by atoms with Crippen molar-refractivity contribution in [1.29, 1.82) is 0 Å². The summed E-state index contributed by atoms with van der Waals surface area (Å²) in [5, 5.41) is 5.03. The van der Waals surface area contributed by atoms with Gasteiger partial charge in [0.15, 0.2) is 4.77 Å². The molecule has 1 aromatic carbocycles. The molecule has 0 amide bonds. The van der Waals surface area contributed by atoms with Gasteiger partial charge in [-0.15, -0.1) is 0 Å². The number of rotatable bonds is 5. The smallest absolute Gasteiger partial charge is 0.199 e. The molecule has 5 heteroatoms. The fourth-order valence-electron chi connectivity index (χ4n) is 5.18. The van der Waals surface area contributed by atoms with Crippen molar-refractivity contribution < 1.29 is 0 Å². The van der Waals surface area contributed by atoms with Crippen molar-refractivity contribution in [2.45, 2.75) is 76.5 Å². The predicted octanol–water partition coefficient (Wildman–Crippen LogP) is 4.95. The molecule has 0 radical (unpaired) electrons. The highest BCUT2D eigenvalue weighted by Crippen LogP contribution is 2.40. The maximum Gasteiger partial charge on any atom is 0.199 e. The van der Waals surface area contributed by atoms with Crippen molar-refractivity contribution in [3.8, 4) is 0 Å². The van der Waals surface area contributed by atoms with Gasteiger partial charge in [0, 0.05) is 18.5 Å². The van der Waals surface area contributed by atoms with Gasteiger partial charge in [-0.3, -0.25) is 9.47 Å². The van der Waals surface area contributed by atoms with E-state index in [0.717, 1.165) is 29.9 Å². The summed E-state index contributed by atoms with van der Waals surface area (Å²) in [4.78, 5) is 2.68. The Morgan fingerprint density at radius 3 is 2.56 bits per heavy atom. The molecule has 2 atom stereocenters. The molecule has 144 valence electrons. The largest absolute Gasteiger partial charge is 0.299 e. The monoisotopic (exact) mass is 382 g/mol. The summed E-state index contributed by atoms with van der Waals surface area (Å²) >= 11 is 5.91. The molecule has 0 N–H and O–H groups in total. The minimum Gasteiger partial charge on any atom is -0.299 e. The van der Waals surface area contributed by atoms with Crippen molar-refractivity contribution in [3.05, 3.63) is 46.5 Å². The van der Waals surface area contributed by atoms with Crippen molar-refractivity contribution in [3.63, 3.8) is 0 Å². The Labute approximate surface area is 167 Å². The van der Waals surface area contributed by atoms with E-state index < -0.39 is 0 Å². The Bertz CT molecular complexity index is 834. The van der Waals surface area contributed by atoms with E-state index in [0.29, 0.717) is 5.92 Å². The molecule has 0 unspecified atom stereocenters. The first kappa shape index (κ1) is 17.6. The van der Waals surface area contributed by atoms with Gasteiger partial charge in [-0.2, -0.15) is 5.10 Å². The molecule has 27 heavy (non-hydrogen) atoms. The number of aromatic nitrogens is 3. The molecule has 5 rings (SSSR count). The van der Waals surface area contributed by atoms with Gasteiger partial charge in [-0.05, 0) is 62.2 Å². The van der Waals surface area contributed by atoms with Crippen molar-refractivity contribution in [2.75, 3.05) is 6.54 Å². The summed E-state index contributed by atoms with van der Waals surface area (Å²) in [6, 6.07) is 11.4. The lowest BCUT2D eigenvalue weighted by molar-refractivity contribution is 0.0322. The molecular weight excluding hydrogens is 352 g/mol. The van der Waals surface area contributed by atoms with Gasteiger partial charge in [-0.25, -0.2) is 4.68 Å². The van der Waals surface area contributed by atoms with Crippen LogP contribution in [0.5, 0.6) is 0 Å². The van der Waals surface area contributed by atoms with E-state index in [1.165, 1.54) is 69.3 Å². The van der Waals surface area contributed by atoms with Gasteiger partial charge in [-0.1, -0.05) is 43.2 Å². The molecule has 0 bridgehead atoms.